The van der Waals surface area contributed by atoms with Gasteiger partial charge in [-0.15, -0.1) is 11.8 Å². The van der Waals surface area contributed by atoms with Crippen LogP contribution in [0.15, 0.2) is 59.5 Å². The maximum Gasteiger partial charge on any atom is 0.207 e. The molecule has 0 nitrogen and oxygen atoms in total. The summed E-state index contributed by atoms with van der Waals surface area (Å²) >= 11 is 1.92. The van der Waals surface area contributed by atoms with Crippen molar-refractivity contribution in [2.75, 3.05) is 5.75 Å². The Hall–Kier alpha value is -1.15. The second kappa shape index (κ2) is 5.97. The first-order valence-corrected chi connectivity index (χ1v) is 7.08. The van der Waals surface area contributed by atoms with Crippen molar-refractivity contribution in [3.63, 3.8) is 0 Å². The standard InChI is InChI=1S/C15H17BS/c1-3-17-15-12-8-7-11-14(15)16(2)13-9-5-4-6-10-13/h4-12H,3H2,1-2H3. The minimum absolute atomic E-state index is 0.464. The van der Waals surface area contributed by atoms with Crippen molar-refractivity contribution in [2.24, 2.45) is 0 Å². The van der Waals surface area contributed by atoms with Gasteiger partial charge in [0.15, 0.2) is 0 Å². The lowest BCUT2D eigenvalue weighted by Crippen LogP contribution is -2.40. The smallest absolute Gasteiger partial charge is 0.127 e. The van der Waals surface area contributed by atoms with Gasteiger partial charge >= 0.3 is 0 Å². The third kappa shape index (κ3) is 2.95. The van der Waals surface area contributed by atoms with Crippen LogP contribution in [0, 0.1) is 0 Å². The molecule has 2 aromatic carbocycles. The molecule has 17 heavy (non-hydrogen) atoms. The maximum absolute atomic E-state index is 2.28. The summed E-state index contributed by atoms with van der Waals surface area (Å²) in [6.45, 7) is 4.95. The van der Waals surface area contributed by atoms with Gasteiger partial charge in [-0.3, -0.25) is 0 Å². The highest BCUT2D eigenvalue weighted by Gasteiger charge is 2.15. The van der Waals surface area contributed by atoms with Crippen molar-refractivity contribution in [3.05, 3.63) is 54.6 Å². The molecule has 2 heteroatoms. The van der Waals surface area contributed by atoms with Gasteiger partial charge in [0.25, 0.3) is 0 Å². The Morgan fingerprint density at radius 2 is 1.59 bits per heavy atom. The SMILES string of the molecule is CCSc1ccccc1B(C)c1ccccc1. The van der Waals surface area contributed by atoms with Crippen LogP contribution in [0.2, 0.25) is 6.82 Å². The zero-order valence-corrected chi connectivity index (χ0v) is 11.2. The molecule has 2 aromatic rings. The molecule has 0 unspecified atom stereocenters. The van der Waals surface area contributed by atoms with Crippen molar-refractivity contribution in [1.82, 2.24) is 0 Å². The minimum atomic E-state index is 0.464. The molecule has 0 fully saturated rings. The summed E-state index contributed by atoms with van der Waals surface area (Å²) < 4.78 is 0. The van der Waals surface area contributed by atoms with E-state index in [1.165, 1.54) is 15.8 Å². The fourth-order valence-electron chi connectivity index (χ4n) is 2.05. The van der Waals surface area contributed by atoms with Gasteiger partial charge < -0.3 is 0 Å². The summed E-state index contributed by atoms with van der Waals surface area (Å²) in [7, 11) is 0. The van der Waals surface area contributed by atoms with E-state index in [1.54, 1.807) is 0 Å². The Bertz CT molecular complexity index is 467. The molecule has 0 atom stereocenters. The third-order valence-electron chi connectivity index (χ3n) is 2.98. The molecule has 0 aromatic heterocycles. The number of benzene rings is 2. The van der Waals surface area contributed by atoms with E-state index in [2.05, 4.69) is 68.3 Å². The van der Waals surface area contributed by atoms with Gasteiger partial charge in [-0.2, -0.15) is 0 Å². The highest BCUT2D eigenvalue weighted by Crippen LogP contribution is 2.15. The van der Waals surface area contributed by atoms with E-state index in [0.717, 1.165) is 5.75 Å². The molecule has 0 N–H and O–H groups in total. The van der Waals surface area contributed by atoms with E-state index >= 15 is 0 Å². The van der Waals surface area contributed by atoms with Crippen LogP contribution in [0.3, 0.4) is 0 Å². The Labute approximate surface area is 109 Å². The lowest BCUT2D eigenvalue weighted by atomic mass is 9.42. The number of hydrogen-bond acceptors (Lipinski definition) is 1. The van der Waals surface area contributed by atoms with Gasteiger partial charge in [-0.05, 0) is 11.8 Å². The van der Waals surface area contributed by atoms with Gasteiger partial charge in [0, 0.05) is 4.90 Å². The van der Waals surface area contributed by atoms with Crippen LogP contribution in [-0.4, -0.2) is 12.5 Å². The highest BCUT2D eigenvalue weighted by molar-refractivity contribution is 7.99. The Balaban J connectivity index is 2.33. The van der Waals surface area contributed by atoms with E-state index in [0.29, 0.717) is 6.71 Å². The molecule has 0 spiro atoms. The summed E-state index contributed by atoms with van der Waals surface area (Å²) in [5.41, 5.74) is 2.82. The van der Waals surface area contributed by atoms with E-state index in [1.807, 2.05) is 11.8 Å². The molecule has 0 heterocycles. The Kier molecular flexibility index (Phi) is 4.32. The topological polar surface area (TPSA) is 0 Å². The first-order chi connectivity index (χ1) is 8.33. The molecule has 0 aliphatic heterocycles. The van der Waals surface area contributed by atoms with Crippen LogP contribution in [0.25, 0.3) is 0 Å². The van der Waals surface area contributed by atoms with Crippen molar-refractivity contribution in [1.29, 1.82) is 0 Å². The third-order valence-corrected chi connectivity index (χ3v) is 3.96. The lowest BCUT2D eigenvalue weighted by molar-refractivity contribution is 1.46. The van der Waals surface area contributed by atoms with Crippen molar-refractivity contribution in [3.8, 4) is 0 Å². The van der Waals surface area contributed by atoms with Gasteiger partial charge in [0.1, 0.15) is 0 Å². The summed E-state index contributed by atoms with van der Waals surface area (Å²) in [5, 5.41) is 0. The largest absolute Gasteiger partial charge is 0.207 e. The number of rotatable bonds is 4. The predicted octanol–water partition coefficient (Wildman–Crippen LogP) is 3.04. The average molecular weight is 240 g/mol. The quantitative estimate of drug-likeness (QED) is 0.584. The highest BCUT2D eigenvalue weighted by atomic mass is 32.2. The summed E-state index contributed by atoms with van der Waals surface area (Å²) in [4.78, 5) is 1.41. The lowest BCUT2D eigenvalue weighted by Gasteiger charge is -2.13. The first-order valence-electron chi connectivity index (χ1n) is 6.09. The molecule has 0 saturated heterocycles. The van der Waals surface area contributed by atoms with Crippen LogP contribution >= 0.6 is 11.8 Å². The van der Waals surface area contributed by atoms with Crippen molar-refractivity contribution in [2.45, 2.75) is 18.6 Å². The number of hydrogen-bond donors (Lipinski definition) is 0. The van der Waals surface area contributed by atoms with Crippen molar-refractivity contribution >= 4 is 29.4 Å². The van der Waals surface area contributed by atoms with E-state index in [-0.39, 0.29) is 0 Å². The summed E-state index contributed by atoms with van der Waals surface area (Å²) in [5.74, 6) is 1.12. The molecule has 0 bridgehead atoms. The minimum Gasteiger partial charge on any atom is -0.127 e. The molecule has 0 aliphatic rings. The molecular formula is C15H17BS. The summed E-state index contributed by atoms with van der Waals surface area (Å²) in [6.07, 6.45) is 0. The molecule has 0 radical (unpaired) electrons. The number of thioether (sulfide) groups is 1. The van der Waals surface area contributed by atoms with Crippen LogP contribution in [0.1, 0.15) is 6.92 Å². The summed E-state index contributed by atoms with van der Waals surface area (Å²) in [6, 6.07) is 19.4. The second-order valence-corrected chi connectivity index (χ2v) is 5.41. The van der Waals surface area contributed by atoms with Crippen LogP contribution in [-0.2, 0) is 0 Å². The Morgan fingerprint density at radius 1 is 0.941 bits per heavy atom. The van der Waals surface area contributed by atoms with E-state index < -0.39 is 0 Å². The molecule has 0 saturated carbocycles. The molecular weight excluding hydrogens is 223 g/mol. The van der Waals surface area contributed by atoms with Crippen LogP contribution in [0.4, 0.5) is 0 Å². The first kappa shape index (κ1) is 12.3. The fourth-order valence-corrected chi connectivity index (χ4v) is 2.94. The molecule has 2 rings (SSSR count). The Morgan fingerprint density at radius 3 is 2.29 bits per heavy atom. The second-order valence-electron chi connectivity index (χ2n) is 4.10. The fraction of sp³-hybridized carbons (Fsp3) is 0.200. The van der Waals surface area contributed by atoms with Gasteiger partial charge in [0.2, 0.25) is 6.71 Å². The van der Waals surface area contributed by atoms with Crippen LogP contribution in [0.5, 0.6) is 0 Å². The predicted molar refractivity (Wildman–Crippen MR) is 80.2 cm³/mol. The van der Waals surface area contributed by atoms with E-state index in [4.69, 9.17) is 0 Å². The zero-order valence-electron chi connectivity index (χ0n) is 10.4. The average Bonchev–Trinajstić information content (AvgIpc) is 2.40. The van der Waals surface area contributed by atoms with E-state index in [9.17, 15) is 0 Å². The molecule has 86 valence electrons. The van der Waals surface area contributed by atoms with Gasteiger partial charge in [0.05, 0.1) is 0 Å². The van der Waals surface area contributed by atoms with Crippen LogP contribution < -0.4 is 10.9 Å². The zero-order chi connectivity index (χ0) is 12.1. The molecule has 0 amide bonds. The maximum atomic E-state index is 2.28. The van der Waals surface area contributed by atoms with Gasteiger partial charge in [-0.25, -0.2) is 0 Å². The monoisotopic (exact) mass is 240 g/mol. The van der Waals surface area contributed by atoms with Gasteiger partial charge in [-0.1, -0.05) is 73.2 Å². The normalized spacial score (nSPS) is 10.2. The molecule has 0 aliphatic carbocycles. The van der Waals surface area contributed by atoms with Crippen molar-refractivity contribution < 1.29 is 0 Å².